The first kappa shape index (κ1) is 15.8. The van der Waals surface area contributed by atoms with Crippen molar-refractivity contribution in [3.8, 4) is 0 Å². The third-order valence-corrected chi connectivity index (χ3v) is 3.49. The number of aryl methyl sites for hydroxylation is 2. The Balaban J connectivity index is 1.99. The zero-order valence-corrected chi connectivity index (χ0v) is 13.0. The van der Waals surface area contributed by atoms with Gasteiger partial charge in [-0.25, -0.2) is 4.79 Å². The Morgan fingerprint density at radius 3 is 2.68 bits per heavy atom. The van der Waals surface area contributed by atoms with Gasteiger partial charge in [-0.2, -0.15) is 5.10 Å². The van der Waals surface area contributed by atoms with E-state index in [1.54, 1.807) is 4.68 Å². The van der Waals surface area contributed by atoms with E-state index < -0.39 is 11.9 Å². The van der Waals surface area contributed by atoms with Gasteiger partial charge in [0.2, 0.25) is 0 Å². The number of nitrogens with zero attached hydrogens (tertiary/aromatic N) is 2. The predicted octanol–water partition coefficient (Wildman–Crippen LogP) is 1.70. The van der Waals surface area contributed by atoms with Crippen molar-refractivity contribution in [2.75, 3.05) is 7.11 Å². The van der Waals surface area contributed by atoms with E-state index in [0.717, 1.165) is 17.0 Å². The highest BCUT2D eigenvalue weighted by Gasteiger charge is 2.18. The molecule has 0 spiro atoms. The smallest absolute Gasteiger partial charge is 0.341 e. The minimum atomic E-state index is -0.529. The van der Waals surface area contributed by atoms with E-state index >= 15 is 0 Å². The molecule has 0 fully saturated rings. The zero-order valence-electron chi connectivity index (χ0n) is 13.0. The van der Waals surface area contributed by atoms with Gasteiger partial charge in [0.25, 0.3) is 0 Å². The summed E-state index contributed by atoms with van der Waals surface area (Å²) >= 11 is 0. The van der Waals surface area contributed by atoms with Gasteiger partial charge in [0.1, 0.15) is 12.2 Å². The van der Waals surface area contributed by atoms with Gasteiger partial charge in [-0.3, -0.25) is 9.48 Å². The first-order valence-corrected chi connectivity index (χ1v) is 6.73. The molecule has 7 nitrogen and oxygen atoms in total. The largest absolute Gasteiger partial charge is 0.465 e. The SMILES string of the molecule is COC(=O)c1ccoc1COC(=O)Cc1c(C)nn(C)c1C. The Morgan fingerprint density at radius 2 is 2.09 bits per heavy atom. The molecule has 0 amide bonds. The van der Waals surface area contributed by atoms with Gasteiger partial charge in [0.05, 0.1) is 25.5 Å². The Kier molecular flexibility index (Phi) is 4.65. The number of furan rings is 1. The summed E-state index contributed by atoms with van der Waals surface area (Å²) in [6.07, 6.45) is 1.48. The summed E-state index contributed by atoms with van der Waals surface area (Å²) in [6.45, 7) is 3.62. The number of carbonyl (C=O) groups is 2. The van der Waals surface area contributed by atoms with Crippen molar-refractivity contribution in [2.45, 2.75) is 26.9 Å². The van der Waals surface area contributed by atoms with Crippen molar-refractivity contribution in [3.05, 3.63) is 40.6 Å². The summed E-state index contributed by atoms with van der Waals surface area (Å²) in [5.74, 6) is -0.676. The Hall–Kier alpha value is -2.57. The molecular weight excluding hydrogens is 288 g/mol. The maximum Gasteiger partial charge on any atom is 0.341 e. The lowest BCUT2D eigenvalue weighted by Crippen LogP contribution is -2.11. The quantitative estimate of drug-likeness (QED) is 0.782. The van der Waals surface area contributed by atoms with E-state index in [4.69, 9.17) is 9.15 Å². The van der Waals surface area contributed by atoms with Crippen LogP contribution < -0.4 is 0 Å². The number of hydrogen-bond acceptors (Lipinski definition) is 6. The summed E-state index contributed by atoms with van der Waals surface area (Å²) in [5.41, 5.74) is 2.82. The fourth-order valence-corrected chi connectivity index (χ4v) is 2.16. The van der Waals surface area contributed by atoms with Gasteiger partial charge in [-0.05, 0) is 19.9 Å². The van der Waals surface area contributed by atoms with Crippen LogP contribution in [0.5, 0.6) is 0 Å². The van der Waals surface area contributed by atoms with Crippen molar-refractivity contribution in [1.29, 1.82) is 0 Å². The van der Waals surface area contributed by atoms with E-state index in [-0.39, 0.29) is 24.4 Å². The Labute approximate surface area is 127 Å². The molecule has 0 atom stereocenters. The van der Waals surface area contributed by atoms with Crippen molar-refractivity contribution >= 4 is 11.9 Å². The minimum Gasteiger partial charge on any atom is -0.465 e. The maximum absolute atomic E-state index is 12.0. The topological polar surface area (TPSA) is 83.6 Å². The second-order valence-electron chi connectivity index (χ2n) is 4.86. The highest BCUT2D eigenvalue weighted by Crippen LogP contribution is 2.16. The molecule has 0 aromatic carbocycles. The van der Waals surface area contributed by atoms with Crippen LogP contribution in [0.15, 0.2) is 16.7 Å². The van der Waals surface area contributed by atoms with E-state index in [9.17, 15) is 9.59 Å². The Bertz CT molecular complexity index is 699. The molecule has 0 saturated carbocycles. The van der Waals surface area contributed by atoms with Gasteiger partial charge in [0, 0.05) is 18.3 Å². The molecule has 2 heterocycles. The van der Waals surface area contributed by atoms with Crippen LogP contribution in [0.3, 0.4) is 0 Å². The van der Waals surface area contributed by atoms with E-state index in [2.05, 4.69) is 9.84 Å². The molecule has 0 unspecified atom stereocenters. The third kappa shape index (κ3) is 3.19. The summed E-state index contributed by atoms with van der Waals surface area (Å²) in [4.78, 5) is 23.4. The van der Waals surface area contributed by atoms with Crippen LogP contribution in [0.25, 0.3) is 0 Å². The number of ether oxygens (including phenoxy) is 2. The lowest BCUT2D eigenvalue weighted by molar-refractivity contribution is -0.144. The molecule has 0 N–H and O–H groups in total. The zero-order chi connectivity index (χ0) is 16.3. The number of hydrogen-bond donors (Lipinski definition) is 0. The first-order valence-electron chi connectivity index (χ1n) is 6.73. The lowest BCUT2D eigenvalue weighted by atomic mass is 10.1. The normalized spacial score (nSPS) is 10.5. The molecule has 0 aliphatic heterocycles. The molecule has 0 saturated heterocycles. The van der Waals surface area contributed by atoms with Gasteiger partial charge < -0.3 is 13.9 Å². The van der Waals surface area contributed by atoms with Crippen LogP contribution in [-0.2, 0) is 34.3 Å². The second-order valence-corrected chi connectivity index (χ2v) is 4.86. The fraction of sp³-hybridized carbons (Fsp3) is 0.400. The monoisotopic (exact) mass is 306 g/mol. The summed E-state index contributed by atoms with van der Waals surface area (Å²) in [7, 11) is 3.10. The van der Waals surface area contributed by atoms with Crippen molar-refractivity contribution < 1.29 is 23.5 Å². The summed E-state index contributed by atoms with van der Waals surface area (Å²) < 4.78 is 16.7. The van der Waals surface area contributed by atoms with Crippen molar-refractivity contribution in [2.24, 2.45) is 7.05 Å². The first-order chi connectivity index (χ1) is 10.4. The fourth-order valence-electron chi connectivity index (χ4n) is 2.16. The van der Waals surface area contributed by atoms with Gasteiger partial charge in [-0.1, -0.05) is 0 Å². The number of aromatic nitrogens is 2. The number of rotatable bonds is 5. The third-order valence-electron chi connectivity index (χ3n) is 3.49. The lowest BCUT2D eigenvalue weighted by Gasteiger charge is -2.05. The number of carbonyl (C=O) groups excluding carboxylic acids is 2. The van der Waals surface area contributed by atoms with Crippen molar-refractivity contribution in [3.63, 3.8) is 0 Å². The Morgan fingerprint density at radius 1 is 1.36 bits per heavy atom. The maximum atomic E-state index is 12.0. The van der Waals surface area contributed by atoms with Crippen LogP contribution in [0, 0.1) is 13.8 Å². The average Bonchev–Trinajstić information content (AvgIpc) is 3.05. The van der Waals surface area contributed by atoms with Gasteiger partial charge in [0.15, 0.2) is 5.76 Å². The molecule has 118 valence electrons. The number of esters is 2. The van der Waals surface area contributed by atoms with E-state index in [0.29, 0.717) is 0 Å². The predicted molar refractivity (Wildman–Crippen MR) is 76.2 cm³/mol. The molecule has 0 bridgehead atoms. The highest BCUT2D eigenvalue weighted by atomic mass is 16.5. The average molecular weight is 306 g/mol. The van der Waals surface area contributed by atoms with Crippen LogP contribution in [0.2, 0.25) is 0 Å². The molecule has 2 aromatic heterocycles. The molecule has 2 rings (SSSR count). The van der Waals surface area contributed by atoms with Crippen LogP contribution in [0.1, 0.15) is 33.1 Å². The molecule has 0 aliphatic carbocycles. The molecule has 7 heteroatoms. The van der Waals surface area contributed by atoms with Crippen LogP contribution in [0.4, 0.5) is 0 Å². The van der Waals surface area contributed by atoms with Crippen molar-refractivity contribution in [1.82, 2.24) is 9.78 Å². The minimum absolute atomic E-state index is 0.116. The van der Waals surface area contributed by atoms with Crippen LogP contribution in [-0.4, -0.2) is 28.8 Å². The second kappa shape index (κ2) is 6.46. The molecule has 22 heavy (non-hydrogen) atoms. The van der Waals surface area contributed by atoms with Crippen LogP contribution >= 0.6 is 0 Å². The summed E-state index contributed by atoms with van der Waals surface area (Å²) in [5, 5.41) is 4.25. The number of methoxy groups -OCH3 is 1. The molecular formula is C15H18N2O5. The van der Waals surface area contributed by atoms with E-state index in [1.165, 1.54) is 19.4 Å². The summed E-state index contributed by atoms with van der Waals surface area (Å²) in [6, 6.07) is 1.48. The highest BCUT2D eigenvalue weighted by molar-refractivity contribution is 5.90. The van der Waals surface area contributed by atoms with E-state index in [1.807, 2.05) is 20.9 Å². The van der Waals surface area contributed by atoms with Gasteiger partial charge in [-0.15, -0.1) is 0 Å². The van der Waals surface area contributed by atoms with Gasteiger partial charge >= 0.3 is 11.9 Å². The molecule has 0 radical (unpaired) electrons. The standard InChI is InChI=1S/C15H18N2O5/c1-9-12(10(2)17(3)16-9)7-14(18)22-8-13-11(5-6-21-13)15(19)20-4/h5-6H,7-8H2,1-4H3. The molecule has 0 aliphatic rings. The molecule has 2 aromatic rings.